The maximum Gasteiger partial charge on any atom is 0.372 e. The summed E-state index contributed by atoms with van der Waals surface area (Å²) in [5, 5.41) is 2.69. The fraction of sp³-hybridized carbons (Fsp3) is 0.778. The van der Waals surface area contributed by atoms with Gasteiger partial charge in [-0.1, -0.05) is 20.3 Å². The number of Topliss-reactive ketones (excluding diaryl/α,β-unsaturated/α-hetero) is 1. The van der Waals surface area contributed by atoms with Crippen molar-refractivity contribution in [1.29, 1.82) is 5.53 Å². The molecule has 0 heterocycles. The minimum Gasteiger partial charge on any atom is -0.461 e. The van der Waals surface area contributed by atoms with Gasteiger partial charge in [0, 0.05) is 6.42 Å². The van der Waals surface area contributed by atoms with Crippen molar-refractivity contribution >= 4 is 23.9 Å². The number of ketones is 1. The molecule has 0 saturated heterocycles. The average molecular weight is 368 g/mol. The lowest BCUT2D eigenvalue weighted by atomic mass is 10.00. The van der Waals surface area contributed by atoms with Crippen LogP contribution in [0, 0.1) is 11.4 Å². The van der Waals surface area contributed by atoms with Crippen molar-refractivity contribution in [2.45, 2.75) is 84.2 Å². The summed E-state index contributed by atoms with van der Waals surface area (Å²) in [6, 6.07) is -0.942. The molecule has 8 nitrogen and oxygen atoms in total. The van der Waals surface area contributed by atoms with Crippen LogP contribution in [0.3, 0.4) is 0 Å². The summed E-state index contributed by atoms with van der Waals surface area (Å²) >= 11 is 0. The van der Waals surface area contributed by atoms with Crippen LogP contribution in [-0.4, -0.2) is 53.0 Å². The number of nitrogens with zero attached hydrogens (tertiary/aromatic N) is 1. The van der Waals surface area contributed by atoms with Gasteiger partial charge in [-0.15, -0.1) is 0 Å². The van der Waals surface area contributed by atoms with Crippen molar-refractivity contribution in [3.63, 3.8) is 0 Å². The molecule has 0 aliphatic heterocycles. The van der Waals surface area contributed by atoms with Crippen LogP contribution < -0.4 is 5.32 Å². The maximum atomic E-state index is 12.7. The predicted molar refractivity (Wildman–Crippen MR) is 93.8 cm³/mol. The van der Waals surface area contributed by atoms with Crippen molar-refractivity contribution in [3.05, 3.63) is 0 Å². The Bertz CT molecular complexity index is 553. The number of rotatable bonds is 12. The van der Waals surface area contributed by atoms with E-state index in [0.717, 1.165) is 25.5 Å². The highest BCUT2D eigenvalue weighted by Crippen LogP contribution is 2.28. The zero-order valence-corrected chi connectivity index (χ0v) is 16.0. The van der Waals surface area contributed by atoms with Gasteiger partial charge in [0.15, 0.2) is 0 Å². The molecule has 0 aromatic rings. The van der Waals surface area contributed by atoms with E-state index >= 15 is 0 Å². The molecule has 1 aliphatic carbocycles. The first-order valence-corrected chi connectivity index (χ1v) is 9.17. The molecule has 3 atom stereocenters. The standard InChI is InChI=1S/C18H29N3O5/c1-5-12(4)16(26-14-7-8-14)17(23)21-15(18(24)25-11(2)3)9-6-13(22)10-20-19/h10-12,14-16,19H,5-9H2,1-4H3/p+1/t12?,15-,16-/m0/s1. The summed E-state index contributed by atoms with van der Waals surface area (Å²) in [6.07, 6.45) is 2.75. The third-order valence-electron chi connectivity index (χ3n) is 4.12. The van der Waals surface area contributed by atoms with Crippen LogP contribution in [0.4, 0.5) is 0 Å². The first-order valence-electron chi connectivity index (χ1n) is 9.17. The van der Waals surface area contributed by atoms with Crippen LogP contribution in [0.15, 0.2) is 0 Å². The van der Waals surface area contributed by atoms with Gasteiger partial charge in [-0.3, -0.25) is 9.59 Å². The van der Waals surface area contributed by atoms with E-state index in [9.17, 15) is 14.4 Å². The van der Waals surface area contributed by atoms with Crippen LogP contribution in [-0.2, 0) is 23.9 Å². The monoisotopic (exact) mass is 368 g/mol. The Morgan fingerprint density at radius 3 is 2.42 bits per heavy atom. The Morgan fingerprint density at radius 2 is 1.92 bits per heavy atom. The lowest BCUT2D eigenvalue weighted by Gasteiger charge is -2.25. The van der Waals surface area contributed by atoms with Crippen LogP contribution in [0.25, 0.3) is 0 Å². The highest BCUT2D eigenvalue weighted by molar-refractivity contribution is 6.25. The number of carbonyl (C=O) groups is 3. The van der Waals surface area contributed by atoms with E-state index in [-0.39, 0.29) is 42.7 Å². The Labute approximate surface area is 154 Å². The second-order valence-corrected chi connectivity index (χ2v) is 6.95. The molecule has 1 aliphatic rings. The quantitative estimate of drug-likeness (QED) is 0.235. The third-order valence-corrected chi connectivity index (χ3v) is 4.12. The van der Waals surface area contributed by atoms with Gasteiger partial charge in [0.1, 0.15) is 12.1 Å². The van der Waals surface area contributed by atoms with Crippen LogP contribution in [0.5, 0.6) is 0 Å². The summed E-state index contributed by atoms with van der Waals surface area (Å²) in [5.41, 5.74) is 6.68. The number of hydrogen-bond acceptors (Lipinski definition) is 6. The molecule has 2 N–H and O–H groups in total. The summed E-state index contributed by atoms with van der Waals surface area (Å²) in [5.74, 6) is -1.32. The minimum absolute atomic E-state index is 0.00875. The topological polar surface area (TPSA) is 120 Å². The SMILES string of the molecule is CCC(C)[C@H](OC1CC1)C(=O)N[C@@H](CCC(=O)C=[N+]=N)C(=O)OC(C)C. The Hall–Kier alpha value is -2.05. The molecule has 0 aromatic heterocycles. The normalized spacial score (nSPS) is 17.0. The third kappa shape index (κ3) is 7.89. The van der Waals surface area contributed by atoms with Gasteiger partial charge in [0.2, 0.25) is 11.7 Å². The van der Waals surface area contributed by atoms with Crippen LogP contribution in [0.1, 0.15) is 59.8 Å². The zero-order valence-electron chi connectivity index (χ0n) is 16.0. The van der Waals surface area contributed by atoms with Gasteiger partial charge in [0.25, 0.3) is 0 Å². The molecule has 1 saturated carbocycles. The molecule has 8 heteroatoms. The molecule has 1 amide bonds. The lowest BCUT2D eigenvalue weighted by molar-refractivity contribution is -0.154. The van der Waals surface area contributed by atoms with E-state index in [2.05, 4.69) is 10.1 Å². The molecule has 1 unspecified atom stereocenters. The van der Waals surface area contributed by atoms with Crippen LogP contribution >= 0.6 is 0 Å². The number of carbonyl (C=O) groups excluding carboxylic acids is 3. The van der Waals surface area contributed by atoms with Gasteiger partial charge in [-0.2, -0.15) is 0 Å². The fourth-order valence-corrected chi connectivity index (χ4v) is 2.32. The van der Waals surface area contributed by atoms with Crippen LogP contribution in [0.2, 0.25) is 0 Å². The molecule has 1 rings (SSSR count). The predicted octanol–water partition coefficient (Wildman–Crippen LogP) is 1.68. The van der Waals surface area contributed by atoms with Gasteiger partial charge in [-0.25, -0.2) is 4.79 Å². The Morgan fingerprint density at radius 1 is 1.27 bits per heavy atom. The first-order chi connectivity index (χ1) is 12.3. The van der Waals surface area contributed by atoms with Gasteiger partial charge in [-0.05, 0) is 39.0 Å². The summed E-state index contributed by atoms with van der Waals surface area (Å²) in [7, 11) is 0. The molecule has 146 valence electrons. The average Bonchev–Trinajstić information content (AvgIpc) is 3.39. The van der Waals surface area contributed by atoms with E-state index in [1.165, 1.54) is 0 Å². The molecule has 0 bridgehead atoms. The second kappa shape index (κ2) is 10.8. The highest BCUT2D eigenvalue weighted by atomic mass is 16.5. The summed E-state index contributed by atoms with van der Waals surface area (Å²) in [4.78, 5) is 39.5. The molecule has 26 heavy (non-hydrogen) atoms. The van der Waals surface area contributed by atoms with Gasteiger partial charge < -0.3 is 14.8 Å². The Kier molecular flexibility index (Phi) is 9.16. The molecular formula is C18H30N3O5+. The summed E-state index contributed by atoms with van der Waals surface area (Å²) < 4.78 is 11.0. The molecular weight excluding hydrogens is 338 g/mol. The number of hydrogen-bond donors (Lipinski definition) is 2. The fourth-order valence-electron chi connectivity index (χ4n) is 2.32. The zero-order chi connectivity index (χ0) is 19.7. The van der Waals surface area contributed by atoms with E-state index in [4.69, 9.17) is 15.0 Å². The second-order valence-electron chi connectivity index (χ2n) is 6.95. The number of amides is 1. The Balaban J connectivity index is 2.79. The highest BCUT2D eigenvalue weighted by Gasteiger charge is 2.35. The molecule has 0 aromatic carbocycles. The van der Waals surface area contributed by atoms with Gasteiger partial charge in [0.05, 0.1) is 22.5 Å². The number of ether oxygens (including phenoxy) is 2. The first kappa shape index (κ1) is 22.0. The van der Waals surface area contributed by atoms with E-state index in [1.807, 2.05) is 13.8 Å². The maximum absolute atomic E-state index is 12.7. The number of nitrogens with one attached hydrogen (secondary N) is 2. The largest absolute Gasteiger partial charge is 0.461 e. The summed E-state index contributed by atoms with van der Waals surface area (Å²) in [6.45, 7) is 7.34. The number of esters is 1. The van der Waals surface area contributed by atoms with E-state index < -0.39 is 18.1 Å². The van der Waals surface area contributed by atoms with Crippen molar-refractivity contribution in [2.75, 3.05) is 0 Å². The molecule has 0 radical (unpaired) electrons. The van der Waals surface area contributed by atoms with Crippen molar-refractivity contribution in [2.24, 2.45) is 5.92 Å². The van der Waals surface area contributed by atoms with E-state index in [0.29, 0.717) is 0 Å². The van der Waals surface area contributed by atoms with Crippen molar-refractivity contribution in [3.8, 4) is 0 Å². The molecule has 1 fully saturated rings. The van der Waals surface area contributed by atoms with Crippen molar-refractivity contribution in [1.82, 2.24) is 5.32 Å². The lowest BCUT2D eigenvalue weighted by Crippen LogP contribution is -2.49. The van der Waals surface area contributed by atoms with Gasteiger partial charge >= 0.3 is 12.2 Å². The molecule has 0 spiro atoms. The van der Waals surface area contributed by atoms with E-state index in [1.54, 1.807) is 13.8 Å². The smallest absolute Gasteiger partial charge is 0.372 e. The minimum atomic E-state index is -0.942. The van der Waals surface area contributed by atoms with Crippen molar-refractivity contribution < 1.29 is 28.6 Å².